The molecule has 1 heterocycles. The normalized spacial score (nSPS) is 12.8. The van der Waals surface area contributed by atoms with Crippen molar-refractivity contribution in [1.82, 2.24) is 20.5 Å². The van der Waals surface area contributed by atoms with Crippen LogP contribution in [0.15, 0.2) is 72.9 Å². The van der Waals surface area contributed by atoms with Crippen LogP contribution in [0.3, 0.4) is 0 Å². The largest absolute Gasteiger partial charge is 0.493 e. The molecule has 2 atom stereocenters. The first kappa shape index (κ1) is 29.3. The van der Waals surface area contributed by atoms with Gasteiger partial charge in [0.15, 0.2) is 0 Å². The minimum atomic E-state index is -1.06. The van der Waals surface area contributed by atoms with E-state index in [1.54, 1.807) is 12.1 Å². The lowest BCUT2D eigenvalue weighted by molar-refractivity contribution is 0.0954. The van der Waals surface area contributed by atoms with Crippen LogP contribution >= 0.6 is 0 Å². The zero-order chi connectivity index (χ0) is 28.5. The summed E-state index contributed by atoms with van der Waals surface area (Å²) in [6.45, 7) is 3.68. The summed E-state index contributed by atoms with van der Waals surface area (Å²) in [6.07, 6.45) is 2.40. The molecule has 1 aromatic heterocycles. The minimum Gasteiger partial charge on any atom is -0.493 e. The Morgan fingerprint density at radius 1 is 1.02 bits per heavy atom. The second-order valence-electron chi connectivity index (χ2n) is 9.97. The highest BCUT2D eigenvalue weighted by Gasteiger charge is 2.21. The summed E-state index contributed by atoms with van der Waals surface area (Å²) in [4.78, 5) is 12.4. The van der Waals surface area contributed by atoms with Crippen molar-refractivity contribution >= 4 is 16.8 Å². The average Bonchev–Trinajstić information content (AvgIpc) is 3.30. The van der Waals surface area contributed by atoms with E-state index in [9.17, 15) is 15.0 Å². The van der Waals surface area contributed by atoms with Gasteiger partial charge in [0.25, 0.3) is 5.91 Å². The molecule has 4 aromatic rings. The highest BCUT2D eigenvalue weighted by molar-refractivity contribution is 5.94. The third-order valence-electron chi connectivity index (χ3n) is 6.97. The predicted octanol–water partition coefficient (Wildman–Crippen LogP) is 3.77. The molecule has 212 valence electrons. The highest BCUT2D eigenvalue weighted by atomic mass is 16.5. The molecule has 40 heavy (non-hydrogen) atoms. The molecule has 0 unspecified atom stereocenters. The van der Waals surface area contributed by atoms with Crippen molar-refractivity contribution in [2.24, 2.45) is 7.05 Å². The molecule has 3 aromatic carbocycles. The van der Waals surface area contributed by atoms with Crippen LogP contribution in [0.2, 0.25) is 0 Å². The molecule has 0 bridgehead atoms. The van der Waals surface area contributed by atoms with E-state index in [1.807, 2.05) is 63.5 Å². The number of carbonyl (C=O) groups is 1. The molecule has 5 N–H and O–H groups in total. The maximum Gasteiger partial charge on any atom is 0.251 e. The van der Waals surface area contributed by atoms with Crippen molar-refractivity contribution in [2.45, 2.75) is 32.0 Å². The summed E-state index contributed by atoms with van der Waals surface area (Å²) >= 11 is 0. The number of likely N-dealkylation sites (N-methyl/N-ethyl adjacent to an activating group) is 1. The summed E-state index contributed by atoms with van der Waals surface area (Å²) in [5.41, 5.74) is 5.20. The van der Waals surface area contributed by atoms with Gasteiger partial charge in [-0.05, 0) is 66.9 Å². The van der Waals surface area contributed by atoms with Crippen molar-refractivity contribution < 1.29 is 19.7 Å². The minimum absolute atomic E-state index is 0.119. The fraction of sp³-hybridized carbons (Fsp3) is 0.344. The van der Waals surface area contributed by atoms with Gasteiger partial charge in [0.05, 0.1) is 13.2 Å². The fourth-order valence-corrected chi connectivity index (χ4v) is 4.85. The van der Waals surface area contributed by atoms with E-state index < -0.39 is 6.23 Å². The summed E-state index contributed by atoms with van der Waals surface area (Å²) in [7, 11) is 3.85. The standard InChI is InChI=1S/C32H40N4O4/c1-4-17-40-30-14-13-24(22-9-11-23(12-10-22)31(38)34-16-15-33-2)19-28(30)32(39)35-26(21-37)18-25-20-36(3)29-8-6-5-7-27(25)29/h5-14,19-20,26,32-33,35,37,39H,4,15-18,21H2,1-3H3,(H,34,38)/t26-,32+/m1/s1. The Kier molecular flexibility index (Phi) is 10.3. The van der Waals surface area contributed by atoms with Crippen LogP contribution < -0.4 is 20.7 Å². The number of amides is 1. The van der Waals surface area contributed by atoms with E-state index in [0.717, 1.165) is 34.0 Å². The first-order valence-electron chi connectivity index (χ1n) is 13.8. The van der Waals surface area contributed by atoms with E-state index in [0.29, 0.717) is 43.0 Å². The zero-order valence-electron chi connectivity index (χ0n) is 23.5. The van der Waals surface area contributed by atoms with Gasteiger partial charge < -0.3 is 30.2 Å². The van der Waals surface area contributed by atoms with Gasteiger partial charge in [-0.15, -0.1) is 0 Å². The lowest BCUT2D eigenvalue weighted by Crippen LogP contribution is -2.37. The van der Waals surface area contributed by atoms with Crippen molar-refractivity contribution in [3.63, 3.8) is 0 Å². The van der Waals surface area contributed by atoms with Gasteiger partial charge in [-0.3, -0.25) is 10.1 Å². The number of rotatable bonds is 14. The van der Waals surface area contributed by atoms with Crippen molar-refractivity contribution in [1.29, 1.82) is 0 Å². The third-order valence-corrected chi connectivity index (χ3v) is 6.97. The Hall–Kier alpha value is -3.69. The number of fused-ring (bicyclic) bond motifs is 1. The smallest absolute Gasteiger partial charge is 0.251 e. The van der Waals surface area contributed by atoms with Gasteiger partial charge in [-0.2, -0.15) is 0 Å². The molecule has 0 aliphatic carbocycles. The number of hydrogen-bond acceptors (Lipinski definition) is 6. The number of para-hydroxylation sites is 1. The first-order valence-corrected chi connectivity index (χ1v) is 13.8. The number of aromatic nitrogens is 1. The molecule has 0 aliphatic rings. The molecule has 0 saturated carbocycles. The number of aryl methyl sites for hydroxylation is 1. The Balaban J connectivity index is 1.54. The maximum absolute atomic E-state index is 12.4. The van der Waals surface area contributed by atoms with Crippen LogP contribution in [0.5, 0.6) is 5.75 Å². The van der Waals surface area contributed by atoms with Crippen LogP contribution in [-0.4, -0.2) is 60.1 Å². The third kappa shape index (κ3) is 7.08. The molecule has 0 fully saturated rings. The second-order valence-corrected chi connectivity index (χ2v) is 9.97. The lowest BCUT2D eigenvalue weighted by Gasteiger charge is -2.23. The predicted molar refractivity (Wildman–Crippen MR) is 160 cm³/mol. The van der Waals surface area contributed by atoms with E-state index in [1.165, 1.54) is 0 Å². The number of aliphatic hydroxyl groups is 2. The highest BCUT2D eigenvalue weighted by Crippen LogP contribution is 2.31. The number of ether oxygens (including phenoxy) is 1. The number of nitrogens with one attached hydrogen (secondary N) is 3. The summed E-state index contributed by atoms with van der Waals surface area (Å²) < 4.78 is 8.04. The quantitative estimate of drug-likeness (QED) is 0.122. The van der Waals surface area contributed by atoms with Crippen LogP contribution in [0.4, 0.5) is 0 Å². The number of nitrogens with zero attached hydrogens (tertiary/aromatic N) is 1. The van der Waals surface area contributed by atoms with Crippen LogP contribution in [0, 0.1) is 0 Å². The monoisotopic (exact) mass is 544 g/mol. The van der Waals surface area contributed by atoms with Gasteiger partial charge in [0.2, 0.25) is 0 Å². The number of benzene rings is 3. The van der Waals surface area contributed by atoms with E-state index in [-0.39, 0.29) is 18.6 Å². The topological polar surface area (TPSA) is 108 Å². The van der Waals surface area contributed by atoms with E-state index in [4.69, 9.17) is 4.74 Å². The summed E-state index contributed by atoms with van der Waals surface area (Å²) in [5, 5.41) is 31.7. The van der Waals surface area contributed by atoms with Gasteiger partial charge in [-0.25, -0.2) is 0 Å². The molecule has 4 rings (SSSR count). The van der Waals surface area contributed by atoms with Gasteiger partial charge >= 0.3 is 0 Å². The molecule has 1 amide bonds. The zero-order valence-corrected chi connectivity index (χ0v) is 23.5. The second kappa shape index (κ2) is 14.1. The van der Waals surface area contributed by atoms with Crippen LogP contribution in [0.25, 0.3) is 22.0 Å². The lowest BCUT2D eigenvalue weighted by atomic mass is 9.99. The molecule has 0 spiro atoms. The van der Waals surface area contributed by atoms with Crippen molar-refractivity contribution in [2.75, 3.05) is 33.4 Å². The van der Waals surface area contributed by atoms with Crippen molar-refractivity contribution in [3.8, 4) is 16.9 Å². The van der Waals surface area contributed by atoms with Gasteiger partial charge in [0, 0.05) is 54.4 Å². The Labute approximate surface area is 236 Å². The van der Waals surface area contributed by atoms with Crippen LogP contribution in [-0.2, 0) is 13.5 Å². The number of carbonyl (C=O) groups excluding carboxylic acids is 1. The average molecular weight is 545 g/mol. The summed E-state index contributed by atoms with van der Waals surface area (Å²) in [5.74, 6) is 0.472. The van der Waals surface area contributed by atoms with E-state index in [2.05, 4.69) is 38.8 Å². The number of aliphatic hydroxyl groups excluding tert-OH is 2. The van der Waals surface area contributed by atoms with Crippen molar-refractivity contribution in [3.05, 3.63) is 89.6 Å². The first-order chi connectivity index (χ1) is 19.4. The maximum atomic E-state index is 12.4. The van der Waals surface area contributed by atoms with E-state index >= 15 is 0 Å². The number of hydrogen-bond donors (Lipinski definition) is 5. The Morgan fingerprint density at radius 2 is 1.77 bits per heavy atom. The van der Waals surface area contributed by atoms with Crippen LogP contribution in [0.1, 0.15) is 41.1 Å². The van der Waals surface area contributed by atoms with Gasteiger partial charge in [-0.1, -0.05) is 43.3 Å². The Bertz CT molecular complexity index is 1400. The Morgan fingerprint density at radius 3 is 2.50 bits per heavy atom. The molecule has 8 heteroatoms. The molecular formula is C32H40N4O4. The summed E-state index contributed by atoms with van der Waals surface area (Å²) in [6, 6.07) is 20.9. The molecule has 0 saturated heterocycles. The molecule has 8 nitrogen and oxygen atoms in total. The molecule has 0 radical (unpaired) electrons. The molecule has 0 aliphatic heterocycles. The molecular weight excluding hydrogens is 504 g/mol. The SMILES string of the molecule is CCCOc1ccc(-c2ccc(C(=O)NCCNC)cc2)cc1[C@H](O)N[C@@H](CO)Cc1cn(C)c2ccccc12. The van der Waals surface area contributed by atoms with Gasteiger partial charge in [0.1, 0.15) is 12.0 Å². The fourth-order valence-electron chi connectivity index (χ4n) is 4.85.